The maximum absolute atomic E-state index is 11.0. The molecule has 0 saturated carbocycles. The number of nitro groups is 1. The van der Waals surface area contributed by atoms with Crippen LogP contribution in [0.3, 0.4) is 0 Å². The van der Waals surface area contributed by atoms with Crippen molar-refractivity contribution in [1.29, 1.82) is 0 Å². The first-order chi connectivity index (χ1) is 9.97. The number of nitrogens with one attached hydrogen (secondary N) is 1. The highest BCUT2D eigenvalue weighted by atomic mass is 35.5. The van der Waals surface area contributed by atoms with E-state index in [0.717, 1.165) is 5.56 Å². The Bertz CT molecular complexity index is 660. The fourth-order valence-electron chi connectivity index (χ4n) is 1.82. The second-order valence-electron chi connectivity index (χ2n) is 4.34. The predicted octanol–water partition coefficient (Wildman–Crippen LogP) is 5.21. The molecule has 4 nitrogen and oxygen atoms in total. The van der Waals surface area contributed by atoms with Crippen LogP contribution in [-0.4, -0.2) is 11.5 Å². The van der Waals surface area contributed by atoms with Gasteiger partial charge in [-0.1, -0.05) is 46.9 Å². The molecule has 0 heterocycles. The lowest BCUT2D eigenvalue weighted by atomic mass is 10.1. The van der Waals surface area contributed by atoms with E-state index in [1.54, 1.807) is 12.1 Å². The fourth-order valence-corrected chi connectivity index (χ4v) is 2.27. The van der Waals surface area contributed by atoms with Gasteiger partial charge < -0.3 is 5.32 Å². The first-order valence-electron chi connectivity index (χ1n) is 6.09. The lowest BCUT2D eigenvalue weighted by Crippen LogP contribution is -2.07. The lowest BCUT2D eigenvalue weighted by Gasteiger charge is -2.08. The van der Waals surface area contributed by atoms with E-state index >= 15 is 0 Å². The molecule has 0 spiro atoms. The average Bonchev–Trinajstić information content (AvgIpc) is 2.44. The van der Waals surface area contributed by atoms with Crippen molar-refractivity contribution in [3.8, 4) is 0 Å². The average molecular weight is 346 g/mol. The van der Waals surface area contributed by atoms with E-state index in [1.165, 1.54) is 12.1 Å². The van der Waals surface area contributed by atoms with Crippen LogP contribution in [0, 0.1) is 10.1 Å². The van der Waals surface area contributed by atoms with Crippen LogP contribution in [-0.2, 0) is 6.42 Å². The van der Waals surface area contributed by atoms with E-state index in [2.05, 4.69) is 5.32 Å². The van der Waals surface area contributed by atoms with Crippen LogP contribution in [0.15, 0.2) is 36.4 Å². The molecule has 0 atom stereocenters. The summed E-state index contributed by atoms with van der Waals surface area (Å²) < 4.78 is 0. The van der Waals surface area contributed by atoms with Gasteiger partial charge in [-0.3, -0.25) is 10.1 Å². The van der Waals surface area contributed by atoms with Crippen LogP contribution in [0.25, 0.3) is 0 Å². The summed E-state index contributed by atoms with van der Waals surface area (Å²) in [7, 11) is 0. The Morgan fingerprint density at radius 2 is 1.67 bits per heavy atom. The van der Waals surface area contributed by atoms with Gasteiger partial charge in [-0.15, -0.1) is 0 Å². The summed E-state index contributed by atoms with van der Waals surface area (Å²) in [5, 5.41) is 15.1. The van der Waals surface area contributed by atoms with E-state index < -0.39 is 4.92 Å². The summed E-state index contributed by atoms with van der Waals surface area (Å²) in [5.41, 5.74) is 1.33. The summed E-state index contributed by atoms with van der Waals surface area (Å²) >= 11 is 17.5. The monoisotopic (exact) mass is 344 g/mol. The van der Waals surface area contributed by atoms with Gasteiger partial charge in [0.15, 0.2) is 0 Å². The van der Waals surface area contributed by atoms with E-state index in [9.17, 15) is 10.1 Å². The molecule has 21 heavy (non-hydrogen) atoms. The molecule has 7 heteroatoms. The number of rotatable bonds is 5. The quantitative estimate of drug-likeness (QED) is 0.598. The Morgan fingerprint density at radius 1 is 1.05 bits per heavy atom. The number of halogens is 3. The molecule has 0 bridgehead atoms. The number of nitrogens with zero attached hydrogens (tertiary/aromatic N) is 1. The summed E-state index contributed by atoms with van der Waals surface area (Å²) in [4.78, 5) is 10.5. The van der Waals surface area contributed by atoms with Crippen LogP contribution in [0.2, 0.25) is 15.1 Å². The smallest absolute Gasteiger partial charge is 0.293 e. The Hall–Kier alpha value is -1.49. The largest absolute Gasteiger partial charge is 0.379 e. The molecule has 0 fully saturated rings. The molecule has 1 N–H and O–H groups in total. The summed E-state index contributed by atoms with van der Waals surface area (Å²) in [6, 6.07) is 10.1. The molecule has 110 valence electrons. The molecular formula is C14H11Cl3N2O2. The number of hydrogen-bond donors (Lipinski definition) is 1. The van der Waals surface area contributed by atoms with E-state index in [4.69, 9.17) is 34.8 Å². The van der Waals surface area contributed by atoms with Crippen molar-refractivity contribution in [2.75, 3.05) is 11.9 Å². The molecule has 2 aromatic rings. The standard InChI is InChI=1S/C14H11Cl3N2O2/c15-10-3-1-9(2-4-10)5-6-18-13-7-11(16)12(17)8-14(13)19(20)21/h1-4,7-8,18H,5-6H2. The highest BCUT2D eigenvalue weighted by Gasteiger charge is 2.16. The summed E-state index contributed by atoms with van der Waals surface area (Å²) in [6.07, 6.45) is 0.703. The van der Waals surface area contributed by atoms with Gasteiger partial charge in [0.2, 0.25) is 0 Å². The van der Waals surface area contributed by atoms with Crippen molar-refractivity contribution in [3.05, 3.63) is 67.1 Å². The van der Waals surface area contributed by atoms with Crippen molar-refractivity contribution < 1.29 is 4.92 Å². The van der Waals surface area contributed by atoms with Gasteiger partial charge in [-0.25, -0.2) is 0 Å². The number of anilines is 1. The van der Waals surface area contributed by atoms with Gasteiger partial charge in [0.25, 0.3) is 5.69 Å². The molecule has 0 aliphatic carbocycles. The zero-order valence-electron chi connectivity index (χ0n) is 10.8. The highest BCUT2D eigenvalue weighted by molar-refractivity contribution is 6.42. The Balaban J connectivity index is 2.07. The van der Waals surface area contributed by atoms with Crippen molar-refractivity contribution in [2.45, 2.75) is 6.42 Å². The second kappa shape index (κ2) is 6.98. The maximum atomic E-state index is 11.0. The van der Waals surface area contributed by atoms with Crippen molar-refractivity contribution in [3.63, 3.8) is 0 Å². The third kappa shape index (κ3) is 4.24. The van der Waals surface area contributed by atoms with Crippen LogP contribution >= 0.6 is 34.8 Å². The molecule has 0 aliphatic rings. The first-order valence-corrected chi connectivity index (χ1v) is 7.22. The van der Waals surface area contributed by atoms with Gasteiger partial charge in [0, 0.05) is 17.6 Å². The van der Waals surface area contributed by atoms with Crippen molar-refractivity contribution in [1.82, 2.24) is 0 Å². The number of benzene rings is 2. The van der Waals surface area contributed by atoms with Crippen LogP contribution in [0.1, 0.15) is 5.56 Å². The zero-order chi connectivity index (χ0) is 15.4. The van der Waals surface area contributed by atoms with Crippen LogP contribution < -0.4 is 5.32 Å². The lowest BCUT2D eigenvalue weighted by molar-refractivity contribution is -0.383. The van der Waals surface area contributed by atoms with Gasteiger partial charge >= 0.3 is 0 Å². The Morgan fingerprint density at radius 3 is 2.29 bits per heavy atom. The van der Waals surface area contributed by atoms with Gasteiger partial charge in [0.05, 0.1) is 15.0 Å². The van der Waals surface area contributed by atoms with Crippen LogP contribution in [0.4, 0.5) is 11.4 Å². The van der Waals surface area contributed by atoms with Crippen molar-refractivity contribution in [2.24, 2.45) is 0 Å². The Labute approximate surface area is 136 Å². The predicted molar refractivity (Wildman–Crippen MR) is 86.8 cm³/mol. The molecule has 0 saturated heterocycles. The molecule has 0 amide bonds. The van der Waals surface area contributed by atoms with Crippen molar-refractivity contribution >= 4 is 46.2 Å². The van der Waals surface area contributed by atoms with E-state index in [1.807, 2.05) is 12.1 Å². The summed E-state index contributed by atoms with van der Waals surface area (Å²) in [5.74, 6) is 0. The third-order valence-corrected chi connectivity index (χ3v) is 3.85. The second-order valence-corrected chi connectivity index (χ2v) is 5.59. The SMILES string of the molecule is O=[N+]([O-])c1cc(Cl)c(Cl)cc1NCCc1ccc(Cl)cc1. The minimum Gasteiger partial charge on any atom is -0.379 e. The topological polar surface area (TPSA) is 55.2 Å². The van der Waals surface area contributed by atoms with Gasteiger partial charge in [-0.05, 0) is 30.2 Å². The Kier molecular flexibility index (Phi) is 5.28. The van der Waals surface area contributed by atoms with Crippen LogP contribution in [0.5, 0.6) is 0 Å². The molecule has 0 aliphatic heterocycles. The maximum Gasteiger partial charge on any atom is 0.293 e. The molecule has 0 radical (unpaired) electrons. The third-order valence-electron chi connectivity index (χ3n) is 2.88. The minimum absolute atomic E-state index is 0.0968. The molecule has 0 aromatic heterocycles. The summed E-state index contributed by atoms with van der Waals surface area (Å²) in [6.45, 7) is 0.528. The molecular weight excluding hydrogens is 335 g/mol. The van der Waals surface area contributed by atoms with Gasteiger partial charge in [-0.2, -0.15) is 0 Å². The van der Waals surface area contributed by atoms with Gasteiger partial charge in [0.1, 0.15) is 5.69 Å². The zero-order valence-corrected chi connectivity index (χ0v) is 13.0. The van der Waals surface area contributed by atoms with E-state index in [0.29, 0.717) is 23.7 Å². The minimum atomic E-state index is -0.493. The fraction of sp³-hybridized carbons (Fsp3) is 0.143. The molecule has 2 rings (SSSR count). The first kappa shape index (κ1) is 15.9. The number of hydrogen-bond acceptors (Lipinski definition) is 3. The highest BCUT2D eigenvalue weighted by Crippen LogP contribution is 2.33. The number of nitro benzene ring substituents is 1. The molecule has 2 aromatic carbocycles. The normalized spacial score (nSPS) is 10.4. The molecule has 0 unspecified atom stereocenters. The van der Waals surface area contributed by atoms with E-state index in [-0.39, 0.29) is 15.7 Å².